The zero-order valence-electron chi connectivity index (χ0n) is 9.74. The molecule has 7 heteroatoms. The molecule has 94 valence electrons. The molecule has 0 aliphatic carbocycles. The van der Waals surface area contributed by atoms with Crippen LogP contribution in [0.5, 0.6) is 0 Å². The number of rotatable bonds is 4. The third-order valence-corrected chi connectivity index (χ3v) is 2.54. The number of nitro benzene ring substituents is 1. The normalized spacial score (nSPS) is 12.3. The predicted octanol–water partition coefficient (Wildman–Crippen LogP) is 2.05. The number of hydrogen-bond acceptors (Lipinski definition) is 6. The first-order chi connectivity index (χ1) is 8.61. The standard InChI is InChI=1S/C11H12N4O3/c1-2-9(12)11-13-10(14-18-11)7-3-5-8(6-4-7)15(16)17/h3-6,9H,2,12H2,1H3/t9-/m1/s1. The Balaban J connectivity index is 2.26. The molecule has 7 nitrogen and oxygen atoms in total. The van der Waals surface area contributed by atoms with Gasteiger partial charge in [0.15, 0.2) is 0 Å². The Labute approximate surface area is 103 Å². The summed E-state index contributed by atoms with van der Waals surface area (Å²) in [6.07, 6.45) is 0.696. The third-order valence-electron chi connectivity index (χ3n) is 2.54. The van der Waals surface area contributed by atoms with Crippen LogP contribution in [0.3, 0.4) is 0 Å². The van der Waals surface area contributed by atoms with E-state index in [1.807, 2.05) is 6.92 Å². The lowest BCUT2D eigenvalue weighted by molar-refractivity contribution is -0.384. The average molecular weight is 248 g/mol. The molecule has 0 aliphatic rings. The molecule has 1 atom stereocenters. The molecule has 18 heavy (non-hydrogen) atoms. The fourth-order valence-corrected chi connectivity index (χ4v) is 1.41. The van der Waals surface area contributed by atoms with Crippen molar-refractivity contribution >= 4 is 5.69 Å². The fourth-order valence-electron chi connectivity index (χ4n) is 1.41. The molecule has 0 bridgehead atoms. The molecule has 0 saturated heterocycles. The topological polar surface area (TPSA) is 108 Å². The molecular formula is C11H12N4O3. The van der Waals surface area contributed by atoms with Crippen LogP contribution >= 0.6 is 0 Å². The summed E-state index contributed by atoms with van der Waals surface area (Å²) >= 11 is 0. The zero-order chi connectivity index (χ0) is 13.1. The molecule has 0 saturated carbocycles. The van der Waals surface area contributed by atoms with Crippen LogP contribution in [-0.2, 0) is 0 Å². The molecule has 0 spiro atoms. The van der Waals surface area contributed by atoms with E-state index in [1.165, 1.54) is 12.1 Å². The summed E-state index contributed by atoms with van der Waals surface area (Å²) in [6, 6.07) is 5.65. The van der Waals surface area contributed by atoms with Gasteiger partial charge in [0, 0.05) is 17.7 Å². The highest BCUT2D eigenvalue weighted by molar-refractivity contribution is 5.56. The van der Waals surface area contributed by atoms with Crippen LogP contribution in [0.4, 0.5) is 5.69 Å². The monoisotopic (exact) mass is 248 g/mol. The molecule has 1 heterocycles. The summed E-state index contributed by atoms with van der Waals surface area (Å²) in [5.74, 6) is 0.745. The van der Waals surface area contributed by atoms with Gasteiger partial charge in [-0.3, -0.25) is 10.1 Å². The van der Waals surface area contributed by atoms with Gasteiger partial charge in [-0.1, -0.05) is 12.1 Å². The second-order valence-electron chi connectivity index (χ2n) is 3.77. The van der Waals surface area contributed by atoms with Crippen LogP contribution in [-0.4, -0.2) is 15.1 Å². The van der Waals surface area contributed by atoms with Gasteiger partial charge in [-0.2, -0.15) is 4.98 Å². The SMILES string of the molecule is CC[C@@H](N)c1nc(-c2ccc([N+](=O)[O-])cc2)no1. The van der Waals surface area contributed by atoms with E-state index in [0.717, 1.165) is 0 Å². The van der Waals surface area contributed by atoms with E-state index in [-0.39, 0.29) is 11.7 Å². The van der Waals surface area contributed by atoms with Crippen molar-refractivity contribution in [3.05, 3.63) is 40.3 Å². The summed E-state index contributed by atoms with van der Waals surface area (Å²) in [7, 11) is 0. The van der Waals surface area contributed by atoms with Crippen molar-refractivity contribution in [2.45, 2.75) is 19.4 Å². The molecule has 2 aromatic rings. The molecule has 0 amide bonds. The lowest BCUT2D eigenvalue weighted by Crippen LogP contribution is -2.08. The van der Waals surface area contributed by atoms with Gasteiger partial charge in [0.2, 0.25) is 11.7 Å². The molecule has 1 aromatic carbocycles. The number of nitrogens with zero attached hydrogens (tertiary/aromatic N) is 3. The first kappa shape index (κ1) is 12.2. The van der Waals surface area contributed by atoms with E-state index in [0.29, 0.717) is 23.7 Å². The molecule has 0 unspecified atom stereocenters. The molecule has 0 fully saturated rings. The maximum atomic E-state index is 10.5. The maximum absolute atomic E-state index is 10.5. The van der Waals surface area contributed by atoms with E-state index in [4.69, 9.17) is 10.3 Å². The van der Waals surface area contributed by atoms with Gasteiger partial charge in [0.05, 0.1) is 11.0 Å². The summed E-state index contributed by atoms with van der Waals surface area (Å²) in [5, 5.41) is 14.3. The van der Waals surface area contributed by atoms with Crippen molar-refractivity contribution in [2.75, 3.05) is 0 Å². The number of benzene rings is 1. The Morgan fingerprint density at radius 3 is 2.67 bits per heavy atom. The number of aromatic nitrogens is 2. The summed E-state index contributed by atoms with van der Waals surface area (Å²) < 4.78 is 5.03. The molecule has 0 aliphatic heterocycles. The highest BCUT2D eigenvalue weighted by Crippen LogP contribution is 2.21. The van der Waals surface area contributed by atoms with E-state index in [9.17, 15) is 10.1 Å². The third kappa shape index (κ3) is 2.35. The van der Waals surface area contributed by atoms with Gasteiger partial charge in [-0.05, 0) is 18.6 Å². The highest BCUT2D eigenvalue weighted by Gasteiger charge is 2.14. The van der Waals surface area contributed by atoms with Crippen LogP contribution in [0.15, 0.2) is 28.8 Å². The van der Waals surface area contributed by atoms with Crippen LogP contribution in [0, 0.1) is 10.1 Å². The molecule has 2 N–H and O–H groups in total. The summed E-state index contributed by atoms with van der Waals surface area (Å²) in [6.45, 7) is 1.92. The minimum absolute atomic E-state index is 0.0210. The second kappa shape index (κ2) is 4.92. The number of hydrogen-bond donors (Lipinski definition) is 1. The quantitative estimate of drug-likeness (QED) is 0.655. The van der Waals surface area contributed by atoms with E-state index >= 15 is 0 Å². The van der Waals surface area contributed by atoms with E-state index in [1.54, 1.807) is 12.1 Å². The first-order valence-electron chi connectivity index (χ1n) is 5.46. The minimum Gasteiger partial charge on any atom is -0.337 e. The highest BCUT2D eigenvalue weighted by atomic mass is 16.6. The largest absolute Gasteiger partial charge is 0.337 e. The van der Waals surface area contributed by atoms with E-state index < -0.39 is 4.92 Å². The van der Waals surface area contributed by atoms with Gasteiger partial charge >= 0.3 is 0 Å². The van der Waals surface area contributed by atoms with Crippen LogP contribution in [0.25, 0.3) is 11.4 Å². The van der Waals surface area contributed by atoms with Gasteiger partial charge < -0.3 is 10.3 Å². The first-order valence-corrected chi connectivity index (χ1v) is 5.46. The average Bonchev–Trinajstić information content (AvgIpc) is 2.87. The minimum atomic E-state index is -0.460. The number of non-ortho nitro benzene ring substituents is 1. The van der Waals surface area contributed by atoms with Crippen molar-refractivity contribution < 1.29 is 9.45 Å². The van der Waals surface area contributed by atoms with Crippen LogP contribution in [0.1, 0.15) is 25.3 Å². The van der Waals surface area contributed by atoms with Crippen molar-refractivity contribution in [2.24, 2.45) is 5.73 Å². The smallest absolute Gasteiger partial charge is 0.269 e. The Bertz CT molecular complexity index is 550. The van der Waals surface area contributed by atoms with Gasteiger partial charge in [-0.15, -0.1) is 0 Å². The van der Waals surface area contributed by atoms with Crippen molar-refractivity contribution in [3.8, 4) is 11.4 Å². The van der Waals surface area contributed by atoms with E-state index in [2.05, 4.69) is 10.1 Å². The lowest BCUT2D eigenvalue weighted by atomic mass is 10.2. The van der Waals surface area contributed by atoms with Gasteiger partial charge in [0.25, 0.3) is 5.69 Å². The van der Waals surface area contributed by atoms with Crippen molar-refractivity contribution in [1.82, 2.24) is 10.1 Å². The Morgan fingerprint density at radius 1 is 1.44 bits per heavy atom. The van der Waals surface area contributed by atoms with Crippen molar-refractivity contribution in [1.29, 1.82) is 0 Å². The van der Waals surface area contributed by atoms with Crippen LogP contribution in [0.2, 0.25) is 0 Å². The molecular weight excluding hydrogens is 236 g/mol. The van der Waals surface area contributed by atoms with Crippen LogP contribution < -0.4 is 5.73 Å². The molecule has 0 radical (unpaired) electrons. The Kier molecular flexibility index (Phi) is 3.33. The lowest BCUT2D eigenvalue weighted by Gasteiger charge is -1.99. The molecule has 1 aromatic heterocycles. The number of nitrogens with two attached hydrogens (primary N) is 1. The van der Waals surface area contributed by atoms with Gasteiger partial charge in [-0.25, -0.2) is 0 Å². The maximum Gasteiger partial charge on any atom is 0.269 e. The summed E-state index contributed by atoms with van der Waals surface area (Å²) in [4.78, 5) is 14.2. The number of nitro groups is 1. The Morgan fingerprint density at radius 2 is 2.11 bits per heavy atom. The fraction of sp³-hybridized carbons (Fsp3) is 0.273. The second-order valence-corrected chi connectivity index (χ2v) is 3.77. The summed E-state index contributed by atoms with van der Waals surface area (Å²) in [5.41, 5.74) is 6.44. The predicted molar refractivity (Wildman–Crippen MR) is 63.6 cm³/mol. The zero-order valence-corrected chi connectivity index (χ0v) is 9.74. The molecule has 2 rings (SSSR count). The van der Waals surface area contributed by atoms with Crippen molar-refractivity contribution in [3.63, 3.8) is 0 Å². The Hall–Kier alpha value is -2.28. The van der Waals surface area contributed by atoms with Gasteiger partial charge in [0.1, 0.15) is 0 Å².